The fourth-order valence-corrected chi connectivity index (χ4v) is 3.85. The van der Waals surface area contributed by atoms with Gasteiger partial charge in [0.25, 0.3) is 0 Å². The van der Waals surface area contributed by atoms with Crippen LogP contribution in [0.4, 0.5) is 0 Å². The van der Waals surface area contributed by atoms with E-state index in [-0.39, 0.29) is 0 Å². The number of nitrogens with zero attached hydrogens (tertiary/aromatic N) is 1. The molecule has 1 heterocycles. The zero-order valence-electron chi connectivity index (χ0n) is 11.1. The van der Waals surface area contributed by atoms with Crippen molar-refractivity contribution in [2.24, 2.45) is 17.6 Å². The Morgan fingerprint density at radius 1 is 1.44 bits per heavy atom. The van der Waals surface area contributed by atoms with Crippen molar-refractivity contribution in [2.45, 2.75) is 39.7 Å². The SMILES string of the molecule is CCC(C)CN(CC)C(CN)C1CCSC1. The van der Waals surface area contributed by atoms with Crippen molar-refractivity contribution in [3.63, 3.8) is 0 Å². The molecule has 0 amide bonds. The smallest absolute Gasteiger partial charge is 0.0254 e. The van der Waals surface area contributed by atoms with Gasteiger partial charge in [-0.05, 0) is 36.3 Å². The lowest BCUT2D eigenvalue weighted by Gasteiger charge is -2.35. The minimum absolute atomic E-state index is 0.619. The van der Waals surface area contributed by atoms with Gasteiger partial charge in [0.2, 0.25) is 0 Å². The number of rotatable bonds is 7. The quantitative estimate of drug-likeness (QED) is 0.746. The van der Waals surface area contributed by atoms with E-state index in [1.807, 2.05) is 0 Å². The Morgan fingerprint density at radius 3 is 2.62 bits per heavy atom. The van der Waals surface area contributed by atoms with E-state index in [1.54, 1.807) is 0 Å². The summed E-state index contributed by atoms with van der Waals surface area (Å²) in [6.45, 7) is 10.1. The summed E-state index contributed by atoms with van der Waals surface area (Å²) in [6, 6.07) is 0.619. The van der Waals surface area contributed by atoms with Gasteiger partial charge in [-0.25, -0.2) is 0 Å². The van der Waals surface area contributed by atoms with Crippen molar-refractivity contribution in [1.82, 2.24) is 4.90 Å². The molecule has 96 valence electrons. The molecule has 0 bridgehead atoms. The molecule has 2 nitrogen and oxygen atoms in total. The lowest BCUT2D eigenvalue weighted by molar-refractivity contribution is 0.141. The van der Waals surface area contributed by atoms with E-state index >= 15 is 0 Å². The Balaban J connectivity index is 2.52. The third-order valence-corrected chi connectivity index (χ3v) is 5.06. The van der Waals surface area contributed by atoms with E-state index in [9.17, 15) is 0 Å². The average molecular weight is 244 g/mol. The lowest BCUT2D eigenvalue weighted by Crippen LogP contribution is -2.47. The maximum absolute atomic E-state index is 6.00. The number of hydrogen-bond acceptors (Lipinski definition) is 3. The molecule has 1 aliphatic rings. The highest BCUT2D eigenvalue weighted by Crippen LogP contribution is 2.28. The minimum atomic E-state index is 0.619. The maximum atomic E-state index is 6.00. The van der Waals surface area contributed by atoms with Crippen LogP contribution in [0, 0.1) is 11.8 Å². The highest BCUT2D eigenvalue weighted by atomic mass is 32.2. The van der Waals surface area contributed by atoms with Crippen LogP contribution in [0.2, 0.25) is 0 Å². The molecule has 16 heavy (non-hydrogen) atoms. The van der Waals surface area contributed by atoms with E-state index in [0.29, 0.717) is 6.04 Å². The lowest BCUT2D eigenvalue weighted by atomic mass is 9.96. The van der Waals surface area contributed by atoms with Gasteiger partial charge in [0.05, 0.1) is 0 Å². The van der Waals surface area contributed by atoms with Crippen LogP contribution in [0.1, 0.15) is 33.6 Å². The molecule has 0 aromatic rings. The van der Waals surface area contributed by atoms with Gasteiger partial charge in [-0.2, -0.15) is 11.8 Å². The molecule has 0 spiro atoms. The van der Waals surface area contributed by atoms with Crippen LogP contribution in [-0.4, -0.2) is 42.1 Å². The van der Waals surface area contributed by atoms with Crippen molar-refractivity contribution in [3.8, 4) is 0 Å². The Bertz CT molecular complexity index is 181. The second-order valence-electron chi connectivity index (χ2n) is 5.03. The van der Waals surface area contributed by atoms with Crippen molar-refractivity contribution < 1.29 is 0 Å². The second kappa shape index (κ2) is 7.57. The Morgan fingerprint density at radius 2 is 2.19 bits per heavy atom. The molecule has 1 rings (SSSR count). The summed E-state index contributed by atoms with van der Waals surface area (Å²) < 4.78 is 0. The average Bonchev–Trinajstić information content (AvgIpc) is 2.82. The first-order valence-electron chi connectivity index (χ1n) is 6.74. The van der Waals surface area contributed by atoms with Crippen LogP contribution in [0.25, 0.3) is 0 Å². The van der Waals surface area contributed by atoms with E-state index < -0.39 is 0 Å². The summed E-state index contributed by atoms with van der Waals surface area (Å²) in [5, 5.41) is 0. The number of likely N-dealkylation sites (N-methyl/N-ethyl adjacent to an activating group) is 1. The molecular formula is C13H28N2S. The highest BCUT2D eigenvalue weighted by molar-refractivity contribution is 7.99. The van der Waals surface area contributed by atoms with Gasteiger partial charge in [0.15, 0.2) is 0 Å². The Hall–Kier alpha value is 0.270. The molecule has 3 unspecified atom stereocenters. The molecule has 0 saturated carbocycles. The number of nitrogens with two attached hydrogens (primary N) is 1. The van der Waals surface area contributed by atoms with E-state index in [1.165, 1.54) is 30.9 Å². The van der Waals surface area contributed by atoms with Gasteiger partial charge >= 0.3 is 0 Å². The van der Waals surface area contributed by atoms with Crippen LogP contribution in [0.15, 0.2) is 0 Å². The first kappa shape index (κ1) is 14.3. The van der Waals surface area contributed by atoms with Gasteiger partial charge in [-0.15, -0.1) is 0 Å². The molecule has 1 aliphatic heterocycles. The highest BCUT2D eigenvalue weighted by Gasteiger charge is 2.28. The molecule has 0 aromatic carbocycles. The first-order chi connectivity index (χ1) is 7.72. The van der Waals surface area contributed by atoms with Gasteiger partial charge < -0.3 is 5.73 Å². The predicted molar refractivity (Wildman–Crippen MR) is 75.0 cm³/mol. The summed E-state index contributed by atoms with van der Waals surface area (Å²) >= 11 is 2.10. The molecule has 3 heteroatoms. The Kier molecular flexibility index (Phi) is 6.78. The van der Waals surface area contributed by atoms with Crippen LogP contribution in [0.5, 0.6) is 0 Å². The summed E-state index contributed by atoms with van der Waals surface area (Å²) in [5.74, 6) is 4.28. The minimum Gasteiger partial charge on any atom is -0.329 e. The number of thioether (sulfide) groups is 1. The van der Waals surface area contributed by atoms with Crippen molar-refractivity contribution in [2.75, 3.05) is 31.1 Å². The molecule has 1 fully saturated rings. The van der Waals surface area contributed by atoms with Gasteiger partial charge in [-0.3, -0.25) is 4.90 Å². The topological polar surface area (TPSA) is 29.3 Å². The third-order valence-electron chi connectivity index (χ3n) is 3.87. The molecular weight excluding hydrogens is 216 g/mol. The van der Waals surface area contributed by atoms with Crippen molar-refractivity contribution in [1.29, 1.82) is 0 Å². The van der Waals surface area contributed by atoms with Crippen LogP contribution >= 0.6 is 11.8 Å². The summed E-state index contributed by atoms with van der Waals surface area (Å²) in [5.41, 5.74) is 6.00. The fraction of sp³-hybridized carbons (Fsp3) is 1.00. The van der Waals surface area contributed by atoms with Crippen molar-refractivity contribution >= 4 is 11.8 Å². The second-order valence-corrected chi connectivity index (χ2v) is 6.18. The summed E-state index contributed by atoms with van der Waals surface area (Å²) in [4.78, 5) is 2.62. The van der Waals surface area contributed by atoms with E-state index in [0.717, 1.165) is 24.9 Å². The van der Waals surface area contributed by atoms with Crippen LogP contribution < -0.4 is 5.73 Å². The largest absolute Gasteiger partial charge is 0.329 e. The molecule has 2 N–H and O–H groups in total. The van der Waals surface area contributed by atoms with Crippen LogP contribution in [-0.2, 0) is 0 Å². The predicted octanol–water partition coefficient (Wildman–Crippen LogP) is 2.43. The number of hydrogen-bond donors (Lipinski definition) is 1. The summed E-state index contributed by atoms with van der Waals surface area (Å²) in [7, 11) is 0. The standard InChI is InChI=1S/C13H28N2S/c1-4-11(3)9-15(5-2)13(8-14)12-6-7-16-10-12/h11-13H,4-10,14H2,1-3H3. The Labute approximate surface area is 105 Å². The zero-order chi connectivity index (χ0) is 12.0. The molecule has 0 aliphatic carbocycles. The van der Waals surface area contributed by atoms with Gasteiger partial charge in [0, 0.05) is 19.1 Å². The zero-order valence-corrected chi connectivity index (χ0v) is 11.9. The first-order valence-corrected chi connectivity index (χ1v) is 7.90. The van der Waals surface area contributed by atoms with Gasteiger partial charge in [-0.1, -0.05) is 27.2 Å². The summed E-state index contributed by atoms with van der Waals surface area (Å²) in [6.07, 6.45) is 2.64. The van der Waals surface area contributed by atoms with Crippen molar-refractivity contribution in [3.05, 3.63) is 0 Å². The normalized spacial score (nSPS) is 24.9. The third kappa shape index (κ3) is 3.94. The van der Waals surface area contributed by atoms with E-state index in [4.69, 9.17) is 5.73 Å². The maximum Gasteiger partial charge on any atom is 0.0254 e. The molecule has 0 aromatic heterocycles. The fourth-order valence-electron chi connectivity index (χ4n) is 2.52. The molecule has 0 radical (unpaired) electrons. The van der Waals surface area contributed by atoms with Crippen LogP contribution in [0.3, 0.4) is 0 Å². The van der Waals surface area contributed by atoms with Gasteiger partial charge in [0.1, 0.15) is 0 Å². The monoisotopic (exact) mass is 244 g/mol. The molecule has 3 atom stereocenters. The van der Waals surface area contributed by atoms with E-state index in [2.05, 4.69) is 37.4 Å². The molecule has 1 saturated heterocycles.